The van der Waals surface area contributed by atoms with Crippen molar-refractivity contribution >= 4 is 22.4 Å². The average Bonchev–Trinajstić information content (AvgIpc) is 3.34. The van der Waals surface area contributed by atoms with Crippen molar-refractivity contribution in [1.82, 2.24) is 4.90 Å². The van der Waals surface area contributed by atoms with Crippen molar-refractivity contribution in [1.29, 1.82) is 5.26 Å². The molecule has 6 atom stereocenters. The van der Waals surface area contributed by atoms with Gasteiger partial charge in [0.2, 0.25) is 5.79 Å². The van der Waals surface area contributed by atoms with Crippen molar-refractivity contribution in [2.45, 2.75) is 82.6 Å². The molecule has 10 nitrogen and oxygen atoms in total. The molecule has 0 radical (unpaired) electrons. The van der Waals surface area contributed by atoms with Gasteiger partial charge in [-0.15, -0.1) is 6.58 Å². The van der Waals surface area contributed by atoms with Gasteiger partial charge in [0.1, 0.15) is 29.9 Å². The number of allylic oxidation sites excluding steroid dienone is 1. The molecule has 0 saturated heterocycles. The maximum absolute atomic E-state index is 15.0. The predicted molar refractivity (Wildman–Crippen MR) is 253 cm³/mol. The van der Waals surface area contributed by atoms with Gasteiger partial charge in [0.05, 0.1) is 29.9 Å². The standard InChI is InChI=1S/C55H59N3O7/c1-3-28-58(54(61)41-22-20-38(36-56)21-23-41)51-35-49(57-63-37-39-14-6-5-7-15-39)47-33-43(18-10-12-29-59)46(19-11-13-30-60)52-48-34-45(64-44-25-24-40-16-8-9-17-42(40)32-44)26-27-50(48)65-55(51,53(47)52)62-31-4-2/h4-9,14-17,20-27,32-34,43,46,51-53,59-60H,2-3,10-13,18-19,28-31,35,37H2,1H3. The molecule has 0 aromatic heterocycles. The Morgan fingerprint density at radius 3 is 2.37 bits per heavy atom. The molecule has 2 aliphatic carbocycles. The van der Waals surface area contributed by atoms with Crippen LogP contribution in [0.4, 0.5) is 0 Å². The van der Waals surface area contributed by atoms with Crippen molar-refractivity contribution < 1.29 is 34.1 Å². The summed E-state index contributed by atoms with van der Waals surface area (Å²) in [5, 5.41) is 36.8. The minimum absolute atomic E-state index is 0.0540. The highest BCUT2D eigenvalue weighted by molar-refractivity contribution is 6.03. The number of nitrogens with zero attached hydrogens (tertiary/aromatic N) is 3. The molecule has 65 heavy (non-hydrogen) atoms. The third-order valence-corrected chi connectivity index (χ3v) is 13.2. The lowest BCUT2D eigenvalue weighted by Crippen LogP contribution is -2.70. The first-order valence-corrected chi connectivity index (χ1v) is 23.1. The van der Waals surface area contributed by atoms with Crippen LogP contribution in [0.2, 0.25) is 0 Å². The summed E-state index contributed by atoms with van der Waals surface area (Å²) in [6.07, 6.45) is 9.63. The number of fused-ring (bicyclic) bond motifs is 3. The Kier molecular flexibility index (Phi) is 14.8. The second-order valence-corrected chi connectivity index (χ2v) is 17.3. The number of carbonyl (C=O) groups is 1. The van der Waals surface area contributed by atoms with E-state index < -0.39 is 17.7 Å². The smallest absolute Gasteiger partial charge is 0.254 e. The lowest BCUT2D eigenvalue weighted by atomic mass is 9.55. The largest absolute Gasteiger partial charge is 0.459 e. The molecule has 3 aliphatic rings. The van der Waals surface area contributed by atoms with Crippen LogP contribution in [0.5, 0.6) is 17.2 Å². The first-order chi connectivity index (χ1) is 31.9. The average molecular weight is 874 g/mol. The van der Waals surface area contributed by atoms with Crippen LogP contribution in [0, 0.1) is 29.1 Å². The van der Waals surface area contributed by atoms with Crippen molar-refractivity contribution in [2.24, 2.45) is 22.9 Å². The first kappa shape index (κ1) is 45.3. The summed E-state index contributed by atoms with van der Waals surface area (Å²) in [5.41, 5.74) is 4.56. The molecule has 1 amide bonds. The Morgan fingerprint density at radius 2 is 1.63 bits per heavy atom. The van der Waals surface area contributed by atoms with E-state index in [9.17, 15) is 15.5 Å². The fraction of sp³-hybridized carbons (Fsp3) is 0.364. The summed E-state index contributed by atoms with van der Waals surface area (Å²) in [4.78, 5) is 23.2. The summed E-state index contributed by atoms with van der Waals surface area (Å²) in [7, 11) is 0. The maximum atomic E-state index is 15.0. The summed E-state index contributed by atoms with van der Waals surface area (Å²) in [6.45, 7) is 7.13. The monoisotopic (exact) mass is 873 g/mol. The summed E-state index contributed by atoms with van der Waals surface area (Å²) in [5.74, 6) is -0.124. The number of carbonyl (C=O) groups excluding carboxylic acids is 1. The number of aliphatic hydroxyl groups is 2. The van der Waals surface area contributed by atoms with E-state index in [-0.39, 0.29) is 56.5 Å². The van der Waals surface area contributed by atoms with E-state index in [1.54, 1.807) is 30.3 Å². The number of nitriles is 1. The van der Waals surface area contributed by atoms with Crippen LogP contribution in [0.25, 0.3) is 10.8 Å². The zero-order chi connectivity index (χ0) is 45.2. The van der Waals surface area contributed by atoms with Crippen LogP contribution >= 0.6 is 0 Å². The number of aliphatic hydroxyl groups excluding tert-OH is 2. The molecule has 1 heterocycles. The normalized spacial score (nSPS) is 22.5. The van der Waals surface area contributed by atoms with E-state index >= 15 is 4.79 Å². The van der Waals surface area contributed by atoms with Gasteiger partial charge in [0, 0.05) is 43.2 Å². The van der Waals surface area contributed by atoms with Crippen LogP contribution in [-0.2, 0) is 16.2 Å². The van der Waals surface area contributed by atoms with Gasteiger partial charge in [-0.25, -0.2) is 0 Å². The van der Waals surface area contributed by atoms with E-state index in [1.807, 2.05) is 78.6 Å². The molecule has 1 fully saturated rings. The highest BCUT2D eigenvalue weighted by atomic mass is 16.7. The minimum Gasteiger partial charge on any atom is -0.459 e. The first-order valence-electron chi connectivity index (χ1n) is 23.1. The number of benzene rings is 5. The van der Waals surface area contributed by atoms with Gasteiger partial charge < -0.3 is 34.2 Å². The van der Waals surface area contributed by atoms with Gasteiger partial charge in [-0.1, -0.05) is 97.7 Å². The highest BCUT2D eigenvalue weighted by Gasteiger charge is 2.65. The Hall–Kier alpha value is -6.25. The number of hydrogen-bond acceptors (Lipinski definition) is 9. The van der Waals surface area contributed by atoms with E-state index in [0.717, 1.165) is 58.9 Å². The predicted octanol–water partition coefficient (Wildman–Crippen LogP) is 10.9. The molecule has 0 bridgehead atoms. The van der Waals surface area contributed by atoms with Gasteiger partial charge in [0.25, 0.3) is 5.91 Å². The number of ether oxygens (including phenoxy) is 3. The van der Waals surface area contributed by atoms with Crippen LogP contribution in [0.1, 0.15) is 91.3 Å². The summed E-state index contributed by atoms with van der Waals surface area (Å²) < 4.78 is 21.3. The molecule has 2 N–H and O–H groups in total. The Labute approximate surface area is 382 Å². The third kappa shape index (κ3) is 9.74. The second-order valence-electron chi connectivity index (χ2n) is 17.3. The Bertz CT molecular complexity index is 2530. The fourth-order valence-corrected chi connectivity index (χ4v) is 10.3. The molecule has 1 aliphatic heterocycles. The van der Waals surface area contributed by atoms with Crippen molar-refractivity contribution in [3.05, 3.63) is 162 Å². The molecule has 1 saturated carbocycles. The Balaban J connectivity index is 1.32. The van der Waals surface area contributed by atoms with Crippen molar-refractivity contribution in [3.63, 3.8) is 0 Å². The summed E-state index contributed by atoms with van der Waals surface area (Å²) in [6, 6.07) is 38.5. The van der Waals surface area contributed by atoms with Crippen LogP contribution in [0.15, 0.2) is 145 Å². The molecule has 6 unspecified atom stereocenters. The van der Waals surface area contributed by atoms with E-state index in [0.29, 0.717) is 54.2 Å². The zero-order valence-corrected chi connectivity index (χ0v) is 37.2. The minimum atomic E-state index is -1.40. The zero-order valence-electron chi connectivity index (χ0n) is 37.2. The van der Waals surface area contributed by atoms with Gasteiger partial charge in [-0.3, -0.25) is 4.79 Å². The molecule has 8 rings (SSSR count). The molecule has 5 aromatic carbocycles. The second kappa shape index (κ2) is 21.2. The van der Waals surface area contributed by atoms with Gasteiger partial charge in [-0.05, 0) is 120 Å². The van der Waals surface area contributed by atoms with Crippen molar-refractivity contribution in [2.75, 3.05) is 26.4 Å². The topological polar surface area (TPSA) is 134 Å². The van der Waals surface area contributed by atoms with Gasteiger partial charge in [0.15, 0.2) is 0 Å². The number of hydrogen-bond donors (Lipinski definition) is 2. The quantitative estimate of drug-likeness (QED) is 0.0449. The molecular weight excluding hydrogens is 815 g/mol. The maximum Gasteiger partial charge on any atom is 0.254 e. The highest BCUT2D eigenvalue weighted by Crippen LogP contribution is 2.62. The van der Waals surface area contributed by atoms with Crippen LogP contribution in [-0.4, -0.2) is 64.9 Å². The van der Waals surface area contributed by atoms with Crippen LogP contribution < -0.4 is 9.47 Å². The Morgan fingerprint density at radius 1 is 0.908 bits per heavy atom. The van der Waals surface area contributed by atoms with E-state index in [1.165, 1.54) is 0 Å². The SMILES string of the molecule is C=CCOC12Oc3ccc(Oc4ccc5ccccc5c4)cc3C3C(CCCCO)C(CCCCO)C=C(C(=NOCc4ccccc4)CC1N(CCC)C(=O)c1ccc(C#N)cc1)C32. The molecule has 336 valence electrons. The van der Waals surface area contributed by atoms with Gasteiger partial charge >= 0.3 is 0 Å². The molecular formula is C55H59N3O7. The van der Waals surface area contributed by atoms with Crippen LogP contribution in [0.3, 0.4) is 0 Å². The van der Waals surface area contributed by atoms with E-state index in [2.05, 4.69) is 43.0 Å². The fourth-order valence-electron chi connectivity index (χ4n) is 10.3. The van der Waals surface area contributed by atoms with Crippen molar-refractivity contribution in [3.8, 4) is 23.3 Å². The third-order valence-electron chi connectivity index (χ3n) is 13.2. The molecule has 10 heteroatoms. The lowest BCUT2D eigenvalue weighted by molar-refractivity contribution is -0.254. The molecule has 5 aromatic rings. The number of oxime groups is 1. The summed E-state index contributed by atoms with van der Waals surface area (Å²) >= 11 is 0. The number of unbranched alkanes of at least 4 members (excludes halogenated alkanes) is 2. The number of amides is 1. The lowest BCUT2D eigenvalue weighted by Gasteiger charge is -2.60. The molecule has 0 spiro atoms. The number of rotatable bonds is 20. The van der Waals surface area contributed by atoms with E-state index in [4.69, 9.17) is 24.2 Å². The van der Waals surface area contributed by atoms with Gasteiger partial charge in [-0.2, -0.15) is 5.26 Å².